The molecule has 2 N–H and O–H groups in total. The van der Waals surface area contributed by atoms with E-state index in [1.54, 1.807) is 14.2 Å². The Kier molecular flexibility index (Phi) is 8.44. The van der Waals surface area contributed by atoms with Crippen LogP contribution in [0.3, 0.4) is 0 Å². The van der Waals surface area contributed by atoms with Crippen LogP contribution in [0.5, 0.6) is 23.0 Å². The highest BCUT2D eigenvalue weighted by Crippen LogP contribution is 2.59. The molecular formula is C44H45NO6. The number of rotatable bonds is 9. The largest absolute Gasteiger partial charge is 0.497 e. The van der Waals surface area contributed by atoms with Gasteiger partial charge in [0.1, 0.15) is 29.6 Å². The van der Waals surface area contributed by atoms with E-state index in [-0.39, 0.29) is 31.2 Å². The van der Waals surface area contributed by atoms with Gasteiger partial charge in [-0.2, -0.15) is 0 Å². The predicted octanol–water partition coefficient (Wildman–Crippen LogP) is 8.09. The second-order valence-electron chi connectivity index (χ2n) is 14.4. The number of hydrogen-bond acceptors (Lipinski definition) is 7. The third kappa shape index (κ3) is 5.33. The Bertz CT molecular complexity index is 2120. The summed E-state index contributed by atoms with van der Waals surface area (Å²) in [6, 6.07) is 29.2. The second-order valence-corrected chi connectivity index (χ2v) is 14.4. The van der Waals surface area contributed by atoms with Gasteiger partial charge in [0.25, 0.3) is 0 Å². The zero-order chi connectivity index (χ0) is 35.3. The first-order valence-corrected chi connectivity index (χ1v) is 17.9. The standard InChI is InChI=1S/C44H45NO6/c1-43(2)37-10-6-5-9-33(37)40-35-24-38(45-21-7-8-28(26-45)27-47)39(49-4)25-36(35)42-34(41(40)43)19-20-44(51-42,29-11-15-31(48-3)16-12-29)30-13-17-32(18-14-30)50-23-22-46/h5-6,9-20,24-25,28,46-47H,7-8,21-23,26-27H2,1-4H3. The summed E-state index contributed by atoms with van der Waals surface area (Å²) < 4.78 is 25.0. The van der Waals surface area contributed by atoms with Crippen LogP contribution in [0.25, 0.3) is 28.0 Å². The highest BCUT2D eigenvalue weighted by Gasteiger charge is 2.44. The highest BCUT2D eigenvalue weighted by molar-refractivity contribution is 6.10. The van der Waals surface area contributed by atoms with Gasteiger partial charge in [-0.25, -0.2) is 0 Å². The predicted molar refractivity (Wildman–Crippen MR) is 203 cm³/mol. The van der Waals surface area contributed by atoms with Gasteiger partial charge in [0.2, 0.25) is 0 Å². The molecule has 1 aliphatic carbocycles. The Balaban J connectivity index is 1.39. The number of benzene rings is 5. The minimum atomic E-state index is -0.974. The van der Waals surface area contributed by atoms with E-state index in [9.17, 15) is 10.2 Å². The van der Waals surface area contributed by atoms with E-state index in [1.165, 1.54) is 22.3 Å². The van der Waals surface area contributed by atoms with Gasteiger partial charge in [0, 0.05) is 47.2 Å². The Morgan fingerprint density at radius 1 is 0.863 bits per heavy atom. The van der Waals surface area contributed by atoms with E-state index in [0.717, 1.165) is 76.3 Å². The SMILES string of the molecule is COc1ccc(C2(c3ccc(OCCO)cc3)C=Cc3c4c(c5cc(N6CCCC(CO)C6)c(OC)cc5c3O2)-c2ccccc2C4(C)C)cc1. The zero-order valence-corrected chi connectivity index (χ0v) is 29.7. The van der Waals surface area contributed by atoms with E-state index < -0.39 is 5.60 Å². The van der Waals surface area contributed by atoms with E-state index in [2.05, 4.69) is 79.4 Å². The van der Waals surface area contributed by atoms with Gasteiger partial charge < -0.3 is 34.1 Å². The molecule has 2 aliphatic heterocycles. The van der Waals surface area contributed by atoms with Crippen LogP contribution < -0.4 is 23.8 Å². The Hall–Kier alpha value is -4.98. The topological polar surface area (TPSA) is 80.6 Å². The average Bonchev–Trinajstić information content (AvgIpc) is 3.43. The molecule has 0 radical (unpaired) electrons. The fraction of sp³-hybridized carbons (Fsp3) is 0.318. The van der Waals surface area contributed by atoms with E-state index in [1.807, 2.05) is 36.4 Å². The van der Waals surface area contributed by atoms with Gasteiger partial charge in [-0.3, -0.25) is 0 Å². The minimum Gasteiger partial charge on any atom is -0.497 e. The van der Waals surface area contributed by atoms with Crippen LogP contribution in [0.1, 0.15) is 54.5 Å². The Morgan fingerprint density at radius 3 is 2.27 bits per heavy atom. The van der Waals surface area contributed by atoms with Crippen molar-refractivity contribution in [1.82, 2.24) is 0 Å². The van der Waals surface area contributed by atoms with Crippen molar-refractivity contribution < 1.29 is 29.2 Å². The molecule has 262 valence electrons. The van der Waals surface area contributed by atoms with Crippen LogP contribution in [0.4, 0.5) is 5.69 Å². The Labute approximate surface area is 299 Å². The molecule has 2 heterocycles. The van der Waals surface area contributed by atoms with Crippen molar-refractivity contribution in [2.24, 2.45) is 5.92 Å². The highest BCUT2D eigenvalue weighted by atomic mass is 16.5. The number of ether oxygens (including phenoxy) is 4. The van der Waals surface area contributed by atoms with Crippen molar-refractivity contribution in [2.75, 3.05) is 52.0 Å². The van der Waals surface area contributed by atoms with E-state index in [4.69, 9.17) is 18.9 Å². The molecule has 0 aromatic heterocycles. The Morgan fingerprint density at radius 2 is 1.59 bits per heavy atom. The number of fused-ring (bicyclic) bond motifs is 8. The summed E-state index contributed by atoms with van der Waals surface area (Å²) in [4.78, 5) is 2.38. The van der Waals surface area contributed by atoms with Gasteiger partial charge >= 0.3 is 0 Å². The van der Waals surface area contributed by atoms with E-state index >= 15 is 0 Å². The number of aliphatic hydroxyl groups excluding tert-OH is 2. The van der Waals surface area contributed by atoms with Crippen molar-refractivity contribution in [2.45, 2.75) is 37.7 Å². The third-order valence-electron chi connectivity index (χ3n) is 11.1. The lowest BCUT2D eigenvalue weighted by atomic mass is 9.76. The number of nitrogens with zero attached hydrogens (tertiary/aromatic N) is 1. The molecule has 1 fully saturated rings. The molecule has 0 bridgehead atoms. The number of anilines is 1. The summed E-state index contributed by atoms with van der Waals surface area (Å²) >= 11 is 0. The maximum Gasteiger partial charge on any atom is 0.178 e. The second kappa shape index (κ2) is 13.0. The molecule has 0 amide bonds. The lowest BCUT2D eigenvalue weighted by Crippen LogP contribution is -2.37. The van der Waals surface area contributed by atoms with Crippen molar-refractivity contribution in [3.05, 3.63) is 119 Å². The molecule has 5 aromatic rings. The van der Waals surface area contributed by atoms with Crippen LogP contribution in [-0.2, 0) is 11.0 Å². The molecule has 0 spiro atoms. The van der Waals surface area contributed by atoms with Gasteiger partial charge in [-0.05, 0) is 88.9 Å². The monoisotopic (exact) mass is 683 g/mol. The number of piperidine rings is 1. The number of hydrogen-bond donors (Lipinski definition) is 2. The van der Waals surface area contributed by atoms with Crippen LogP contribution in [0.15, 0.2) is 91.0 Å². The molecule has 51 heavy (non-hydrogen) atoms. The first-order chi connectivity index (χ1) is 24.8. The molecule has 8 rings (SSSR count). The molecule has 2 atom stereocenters. The van der Waals surface area contributed by atoms with Crippen LogP contribution in [0.2, 0.25) is 0 Å². The molecule has 7 nitrogen and oxygen atoms in total. The first-order valence-electron chi connectivity index (χ1n) is 17.9. The maximum absolute atomic E-state index is 10.1. The summed E-state index contributed by atoms with van der Waals surface area (Å²) in [7, 11) is 3.41. The maximum atomic E-state index is 10.1. The smallest absolute Gasteiger partial charge is 0.178 e. The molecule has 1 saturated heterocycles. The molecule has 3 aliphatic rings. The van der Waals surface area contributed by atoms with Gasteiger partial charge in [0.05, 0.1) is 26.5 Å². The fourth-order valence-electron chi connectivity index (χ4n) is 8.59. The minimum absolute atomic E-state index is 0.0528. The summed E-state index contributed by atoms with van der Waals surface area (Å²) in [6.07, 6.45) is 6.48. The summed E-state index contributed by atoms with van der Waals surface area (Å²) in [5, 5.41) is 21.5. The van der Waals surface area contributed by atoms with Gasteiger partial charge in [-0.1, -0.05) is 68.5 Å². The molecule has 7 heteroatoms. The van der Waals surface area contributed by atoms with Gasteiger partial charge in [-0.15, -0.1) is 0 Å². The molecular weight excluding hydrogens is 638 g/mol. The number of methoxy groups -OCH3 is 2. The van der Waals surface area contributed by atoms with Crippen molar-refractivity contribution in [1.29, 1.82) is 0 Å². The lowest BCUT2D eigenvalue weighted by Gasteiger charge is -2.39. The number of aliphatic hydroxyl groups is 2. The van der Waals surface area contributed by atoms with Gasteiger partial charge in [0.15, 0.2) is 5.60 Å². The zero-order valence-electron chi connectivity index (χ0n) is 29.7. The fourth-order valence-corrected chi connectivity index (χ4v) is 8.59. The van der Waals surface area contributed by atoms with Crippen molar-refractivity contribution >= 4 is 22.5 Å². The van der Waals surface area contributed by atoms with Crippen LogP contribution in [-0.4, -0.2) is 57.3 Å². The summed E-state index contributed by atoms with van der Waals surface area (Å²) in [5.41, 5.74) is 7.77. The quantitative estimate of drug-likeness (QED) is 0.163. The first kappa shape index (κ1) is 33.2. The van der Waals surface area contributed by atoms with E-state index in [0.29, 0.717) is 5.75 Å². The van der Waals surface area contributed by atoms with Crippen molar-refractivity contribution in [3.63, 3.8) is 0 Å². The third-order valence-corrected chi connectivity index (χ3v) is 11.1. The van der Waals surface area contributed by atoms with Crippen molar-refractivity contribution in [3.8, 4) is 34.1 Å². The lowest BCUT2D eigenvalue weighted by molar-refractivity contribution is 0.163. The molecule has 0 saturated carbocycles. The summed E-state index contributed by atoms with van der Waals surface area (Å²) in [6.45, 7) is 6.67. The average molecular weight is 684 g/mol. The normalized spacial score (nSPS) is 20.0. The van der Waals surface area contributed by atoms with Crippen LogP contribution in [0, 0.1) is 5.92 Å². The molecule has 2 unspecified atom stereocenters. The molecule has 5 aromatic carbocycles. The summed E-state index contributed by atoms with van der Waals surface area (Å²) in [5.74, 6) is 3.27. The van der Waals surface area contributed by atoms with Crippen LogP contribution >= 0.6 is 0 Å².